The average molecular weight is 854 g/mol. The van der Waals surface area contributed by atoms with Crippen molar-refractivity contribution in [3.8, 4) is 22.8 Å². The molecule has 3 unspecified atom stereocenters. The highest BCUT2D eigenvalue weighted by atomic mass is 32.2. The largest absolute Gasteiger partial charge is 0.497 e. The Balaban J connectivity index is 1.20. The highest BCUT2D eigenvalue weighted by Gasteiger charge is 2.48. The van der Waals surface area contributed by atoms with E-state index in [4.69, 9.17) is 35.6 Å². The first-order valence-electron chi connectivity index (χ1n) is 20.3. The van der Waals surface area contributed by atoms with Crippen LogP contribution in [-0.2, 0) is 25.5 Å². The van der Waals surface area contributed by atoms with Gasteiger partial charge in [0.15, 0.2) is 0 Å². The normalized spacial score (nSPS) is 20.1. The van der Waals surface area contributed by atoms with Gasteiger partial charge in [-0.2, -0.15) is 0 Å². The molecule has 3 fully saturated rings. The lowest BCUT2D eigenvalue weighted by molar-refractivity contribution is -0.125. The summed E-state index contributed by atoms with van der Waals surface area (Å²) in [5, 5.41) is 7.97. The number of fused-ring (bicyclic) bond motifs is 2. The van der Waals surface area contributed by atoms with E-state index in [1.807, 2.05) is 36.1 Å². The second kappa shape index (κ2) is 19.7. The molecule has 2 saturated carbocycles. The summed E-state index contributed by atoms with van der Waals surface area (Å²) in [4.78, 5) is 58.4. The monoisotopic (exact) mass is 853 g/mol. The van der Waals surface area contributed by atoms with E-state index < -0.39 is 23.4 Å². The molecule has 0 spiro atoms. The predicted molar refractivity (Wildman–Crippen MR) is 232 cm³/mol. The SMILES string of the molecule is COc1cc(OC)cc(-c2cc(CCCNC(=O)[C@@H](C)CCCN=C(NC(=O)OC(C)(C)C)NC(=O)OC(C)(C)C)c(/C=C3\SC(=S)N(C4CC5CCC4C5)C3=O)o2)c1. The van der Waals surface area contributed by atoms with Gasteiger partial charge in [0.1, 0.15) is 38.5 Å². The molecule has 1 aromatic heterocycles. The smallest absolute Gasteiger partial charge is 0.414 e. The van der Waals surface area contributed by atoms with Crippen LogP contribution in [0.15, 0.2) is 38.6 Å². The molecular weight excluding hydrogens is 795 g/mol. The number of thioether (sulfide) groups is 1. The lowest BCUT2D eigenvalue weighted by Gasteiger charge is -2.30. The van der Waals surface area contributed by atoms with E-state index in [0.717, 1.165) is 24.0 Å². The molecule has 0 radical (unpaired) electrons. The van der Waals surface area contributed by atoms with E-state index in [1.165, 1.54) is 24.6 Å². The predicted octanol–water partition coefficient (Wildman–Crippen LogP) is 8.22. The van der Waals surface area contributed by atoms with Gasteiger partial charge in [-0.3, -0.25) is 30.1 Å². The van der Waals surface area contributed by atoms with Gasteiger partial charge in [0.2, 0.25) is 11.9 Å². The summed E-state index contributed by atoms with van der Waals surface area (Å²) in [5.74, 6) is 2.99. The summed E-state index contributed by atoms with van der Waals surface area (Å²) in [6.45, 7) is 12.8. The van der Waals surface area contributed by atoms with Gasteiger partial charge in [0.05, 0.1) is 19.1 Å². The van der Waals surface area contributed by atoms with Gasteiger partial charge in [0, 0.05) is 42.8 Å². The number of hydrogen-bond acceptors (Lipinski definition) is 12. The van der Waals surface area contributed by atoms with Gasteiger partial charge >= 0.3 is 12.2 Å². The van der Waals surface area contributed by atoms with E-state index in [-0.39, 0.29) is 36.3 Å². The Morgan fingerprint density at radius 1 is 0.966 bits per heavy atom. The molecule has 3 N–H and O–H groups in total. The topological polar surface area (TPSA) is 170 Å². The molecule has 2 aliphatic carbocycles. The Morgan fingerprint density at radius 3 is 2.17 bits per heavy atom. The number of rotatable bonds is 14. The quantitative estimate of drug-likeness (QED) is 0.0550. The van der Waals surface area contributed by atoms with Crippen LogP contribution in [0.2, 0.25) is 0 Å². The van der Waals surface area contributed by atoms with Crippen LogP contribution in [0, 0.1) is 17.8 Å². The Morgan fingerprint density at radius 2 is 1.61 bits per heavy atom. The van der Waals surface area contributed by atoms with E-state index in [1.54, 1.807) is 61.8 Å². The number of nitrogens with one attached hydrogen (secondary N) is 3. The van der Waals surface area contributed by atoms with Gasteiger partial charge in [-0.1, -0.05) is 37.3 Å². The third-order valence-corrected chi connectivity index (χ3v) is 11.6. The van der Waals surface area contributed by atoms with E-state index in [2.05, 4.69) is 20.9 Å². The van der Waals surface area contributed by atoms with Crippen LogP contribution < -0.4 is 25.4 Å². The van der Waals surface area contributed by atoms with Crippen molar-refractivity contribution < 1.29 is 42.5 Å². The van der Waals surface area contributed by atoms with Crippen molar-refractivity contribution in [1.82, 2.24) is 20.9 Å². The third kappa shape index (κ3) is 13.0. The van der Waals surface area contributed by atoms with Crippen molar-refractivity contribution in [3.63, 3.8) is 0 Å². The van der Waals surface area contributed by atoms with Gasteiger partial charge < -0.3 is 28.7 Å². The fraction of sp³-hybridized carbons (Fsp3) is 0.581. The van der Waals surface area contributed by atoms with E-state index in [0.29, 0.717) is 76.3 Å². The number of thiocarbonyl (C=S) groups is 1. The fourth-order valence-corrected chi connectivity index (χ4v) is 8.90. The van der Waals surface area contributed by atoms with Crippen LogP contribution in [0.4, 0.5) is 9.59 Å². The number of furan rings is 1. The zero-order valence-corrected chi connectivity index (χ0v) is 37.3. The number of aliphatic imine (C=N–C) groups is 1. The van der Waals surface area contributed by atoms with Gasteiger partial charge in [-0.25, -0.2) is 9.59 Å². The van der Waals surface area contributed by atoms with Crippen LogP contribution in [0.25, 0.3) is 17.4 Å². The highest BCUT2D eigenvalue weighted by molar-refractivity contribution is 8.26. The summed E-state index contributed by atoms with van der Waals surface area (Å²) in [6, 6.07) is 7.66. The van der Waals surface area contributed by atoms with Gasteiger partial charge in [-0.05, 0) is 122 Å². The standard InChI is InChI=1S/C43H59N5O9S2/c1-25(12-10-17-45-38(46-39(51)56-42(2,3)4)47-40(52)57-43(5,6)7)36(49)44-16-11-13-28-22-33(29-20-30(53-8)23-31(21-29)54-9)55-34(28)24-35-37(50)48(41(58)59-35)32-19-26-14-15-27(32)18-26/h20-27,32H,10-19H2,1-9H3,(H,44,49)(H2,45,46,47,51,52)/b35-24-/t25-,26?,27?,32?/m0/s1. The molecular formula is C43H59N5O9S2. The number of hydrogen-bond donors (Lipinski definition) is 3. The maximum Gasteiger partial charge on any atom is 0.414 e. The number of nitrogens with zero attached hydrogens (tertiary/aromatic N) is 2. The van der Waals surface area contributed by atoms with Crippen LogP contribution in [-0.4, -0.2) is 83.7 Å². The lowest BCUT2D eigenvalue weighted by Crippen LogP contribution is -2.47. The second-order valence-electron chi connectivity index (χ2n) is 17.3. The van der Waals surface area contributed by atoms with Crippen LogP contribution in [0.3, 0.4) is 0 Å². The number of aryl methyl sites for hydroxylation is 1. The molecule has 322 valence electrons. The molecule has 2 aromatic rings. The van der Waals surface area contributed by atoms with Crippen LogP contribution in [0.5, 0.6) is 11.5 Å². The first kappa shape index (κ1) is 45.5. The van der Waals surface area contributed by atoms with Crippen molar-refractivity contribution in [1.29, 1.82) is 0 Å². The van der Waals surface area contributed by atoms with Crippen molar-refractivity contribution in [2.75, 3.05) is 27.3 Å². The lowest BCUT2D eigenvalue weighted by atomic mass is 9.94. The maximum atomic E-state index is 13.8. The van der Waals surface area contributed by atoms with Gasteiger partial charge in [-0.15, -0.1) is 0 Å². The maximum absolute atomic E-state index is 13.8. The number of amides is 4. The number of guanidine groups is 1. The molecule has 16 heteroatoms. The molecule has 3 aliphatic rings. The Labute approximate surface area is 357 Å². The highest BCUT2D eigenvalue weighted by Crippen LogP contribution is 2.49. The second-order valence-corrected chi connectivity index (χ2v) is 19.0. The number of ether oxygens (including phenoxy) is 4. The van der Waals surface area contributed by atoms with E-state index in [9.17, 15) is 19.2 Å². The number of carbonyl (C=O) groups is 4. The first-order valence-corrected chi connectivity index (χ1v) is 21.5. The molecule has 4 amide bonds. The van der Waals surface area contributed by atoms with Crippen molar-refractivity contribution >= 4 is 64.3 Å². The van der Waals surface area contributed by atoms with Gasteiger partial charge in [0.25, 0.3) is 5.91 Å². The minimum Gasteiger partial charge on any atom is -0.497 e. The van der Waals surface area contributed by atoms with Crippen molar-refractivity contribution in [3.05, 3.63) is 40.5 Å². The summed E-state index contributed by atoms with van der Waals surface area (Å²) in [7, 11) is 3.18. The fourth-order valence-electron chi connectivity index (χ4n) is 7.56. The summed E-state index contributed by atoms with van der Waals surface area (Å²) in [5.41, 5.74) is 0.146. The first-order chi connectivity index (χ1) is 27.8. The molecule has 1 aliphatic heterocycles. The molecule has 2 heterocycles. The van der Waals surface area contributed by atoms with E-state index >= 15 is 0 Å². The van der Waals surface area contributed by atoms with Crippen molar-refractivity contribution in [2.45, 2.75) is 117 Å². The Kier molecular flexibility index (Phi) is 15.2. The molecule has 59 heavy (non-hydrogen) atoms. The average Bonchev–Trinajstić information content (AvgIpc) is 3.94. The zero-order valence-electron chi connectivity index (χ0n) is 35.7. The Hall–Kier alpha value is -4.57. The molecule has 4 atom stereocenters. The third-order valence-electron chi connectivity index (χ3n) is 10.3. The van der Waals surface area contributed by atoms with Crippen LogP contribution >= 0.6 is 24.0 Å². The number of methoxy groups -OCH3 is 2. The molecule has 1 aromatic carbocycles. The minimum atomic E-state index is -0.775. The number of alkyl carbamates (subject to hydrolysis) is 2. The zero-order chi connectivity index (χ0) is 43.1. The number of benzene rings is 1. The minimum absolute atomic E-state index is 0.0636. The number of carbonyl (C=O) groups excluding carboxylic acids is 4. The Bertz CT molecular complexity index is 1890. The van der Waals surface area contributed by atoms with Crippen LogP contribution in [0.1, 0.15) is 105 Å². The molecule has 5 rings (SSSR count). The molecule has 14 nitrogen and oxygen atoms in total. The summed E-state index contributed by atoms with van der Waals surface area (Å²) in [6.07, 6.45) is 7.05. The summed E-state index contributed by atoms with van der Waals surface area (Å²) >= 11 is 7.08. The molecule has 1 saturated heterocycles. The van der Waals surface area contributed by atoms with Crippen molar-refractivity contribution in [2.24, 2.45) is 22.7 Å². The summed E-state index contributed by atoms with van der Waals surface area (Å²) < 4.78 is 28.7. The molecule has 2 bridgehead atoms.